The molecule has 1 aromatic carbocycles. The Hall–Kier alpha value is -4.61. The molecule has 2 aromatic heterocycles. The summed E-state index contributed by atoms with van der Waals surface area (Å²) in [7, 11) is 0. The minimum Gasteiger partial charge on any atom is -0.443 e. The number of aromatic nitrogens is 2. The van der Waals surface area contributed by atoms with Crippen LogP contribution in [0.3, 0.4) is 0 Å². The summed E-state index contributed by atoms with van der Waals surface area (Å²) in [5, 5.41) is 0. The molecule has 12 heteroatoms. The number of fused-ring (bicyclic) bond motifs is 1. The molecule has 3 aromatic rings. The normalized spacial score (nSPS) is 18.6. The van der Waals surface area contributed by atoms with Gasteiger partial charge in [-0.15, -0.1) is 0 Å². The zero-order valence-electron chi connectivity index (χ0n) is 22.8. The van der Waals surface area contributed by atoms with Crippen molar-refractivity contribution < 1.29 is 32.6 Å². The van der Waals surface area contributed by atoms with Gasteiger partial charge in [0.2, 0.25) is 0 Å². The van der Waals surface area contributed by atoms with E-state index >= 15 is 0 Å². The third kappa shape index (κ3) is 5.67. The first-order valence-corrected chi connectivity index (χ1v) is 13.1. The second kappa shape index (κ2) is 10.8. The van der Waals surface area contributed by atoms with Crippen molar-refractivity contribution in [2.45, 2.75) is 51.4 Å². The molecule has 5 rings (SSSR count). The van der Waals surface area contributed by atoms with Crippen molar-refractivity contribution in [3.8, 4) is 11.3 Å². The molecule has 41 heavy (non-hydrogen) atoms. The molecule has 0 bridgehead atoms. The largest absolute Gasteiger partial charge is 0.443 e. The second-order valence-electron chi connectivity index (χ2n) is 10.9. The molecular formula is C29H29F2N5O5. The van der Waals surface area contributed by atoms with Gasteiger partial charge in [0.15, 0.2) is 5.78 Å². The summed E-state index contributed by atoms with van der Waals surface area (Å²) in [6.07, 6.45) is 1.39. The van der Waals surface area contributed by atoms with Crippen LogP contribution in [0.1, 0.15) is 43.2 Å². The summed E-state index contributed by atoms with van der Waals surface area (Å²) >= 11 is 0. The molecule has 2 aliphatic rings. The number of benzene rings is 1. The summed E-state index contributed by atoms with van der Waals surface area (Å²) in [5.41, 5.74) is 6.01. The molecule has 2 fully saturated rings. The lowest BCUT2D eigenvalue weighted by Crippen LogP contribution is -2.53. The van der Waals surface area contributed by atoms with Gasteiger partial charge in [0.1, 0.15) is 35.1 Å². The van der Waals surface area contributed by atoms with Gasteiger partial charge < -0.3 is 20.1 Å². The zero-order chi connectivity index (χ0) is 29.5. The zero-order valence-corrected chi connectivity index (χ0v) is 22.8. The molecule has 0 aliphatic carbocycles. The molecule has 2 N–H and O–H groups in total. The van der Waals surface area contributed by atoms with Crippen LogP contribution in [0.15, 0.2) is 48.8 Å². The van der Waals surface area contributed by atoms with Crippen molar-refractivity contribution >= 4 is 29.3 Å². The maximum Gasteiger partial charge on any atom is 0.420 e. The second-order valence-corrected chi connectivity index (χ2v) is 10.9. The maximum atomic E-state index is 14.4. The first-order valence-electron chi connectivity index (χ1n) is 13.1. The predicted molar refractivity (Wildman–Crippen MR) is 145 cm³/mol. The van der Waals surface area contributed by atoms with Crippen LogP contribution >= 0.6 is 0 Å². The standard InChI is InChI=1S/C29H29F2N5O5/c1-29(2,3)41-28(39)36-22-15-35(12-10-24(22)40-27(36)38)21-9-11-33-14-16(21)13-23(37)26-19(32)7-8-20(34-26)25-17(30)5-4-6-18(25)31/h4-9,11,14,22,24H,10,12-13,15,32H2,1-3H3/t22-,24+/m0/s1. The number of nitrogens with zero attached hydrogens (tertiary/aromatic N) is 4. The average molecular weight is 566 g/mol. The van der Waals surface area contributed by atoms with Crippen LogP contribution in [-0.2, 0) is 15.9 Å². The first-order chi connectivity index (χ1) is 19.4. The molecule has 10 nitrogen and oxygen atoms in total. The van der Waals surface area contributed by atoms with Gasteiger partial charge in [-0.2, -0.15) is 0 Å². The number of ketones is 1. The van der Waals surface area contributed by atoms with Crippen LogP contribution in [0, 0.1) is 11.6 Å². The minimum absolute atomic E-state index is 0.0558. The van der Waals surface area contributed by atoms with Crippen LogP contribution in [0.2, 0.25) is 0 Å². The summed E-state index contributed by atoms with van der Waals surface area (Å²) < 4.78 is 39.6. The van der Waals surface area contributed by atoms with Crippen molar-refractivity contribution in [2.24, 2.45) is 0 Å². The number of hydrogen-bond donors (Lipinski definition) is 1. The summed E-state index contributed by atoms with van der Waals surface area (Å²) in [6, 6.07) is 7.34. The van der Waals surface area contributed by atoms with Gasteiger partial charge in [-0.25, -0.2) is 28.3 Å². The number of rotatable bonds is 5. The summed E-state index contributed by atoms with van der Waals surface area (Å²) in [6.45, 7) is 5.87. The maximum absolute atomic E-state index is 14.4. The number of carbonyl (C=O) groups excluding carboxylic acids is 3. The van der Waals surface area contributed by atoms with E-state index in [0.717, 1.165) is 17.0 Å². The van der Waals surface area contributed by atoms with Crippen LogP contribution in [0.25, 0.3) is 11.3 Å². The monoisotopic (exact) mass is 565 g/mol. The Morgan fingerprint density at radius 1 is 1.15 bits per heavy atom. The number of amides is 2. The van der Waals surface area contributed by atoms with E-state index in [2.05, 4.69) is 9.97 Å². The predicted octanol–water partition coefficient (Wildman–Crippen LogP) is 4.76. The molecule has 2 aliphatic heterocycles. The Labute approximate surface area is 235 Å². The van der Waals surface area contributed by atoms with Gasteiger partial charge in [-0.3, -0.25) is 9.78 Å². The molecule has 0 unspecified atom stereocenters. The Bertz CT molecular complexity index is 1510. The summed E-state index contributed by atoms with van der Waals surface area (Å²) in [4.78, 5) is 50.1. The number of anilines is 2. The number of ether oxygens (including phenoxy) is 2. The highest BCUT2D eigenvalue weighted by atomic mass is 19.1. The molecule has 2 amide bonds. The average Bonchev–Trinajstić information content (AvgIpc) is 3.23. The Morgan fingerprint density at radius 3 is 2.59 bits per heavy atom. The van der Waals surface area contributed by atoms with Gasteiger partial charge in [0.25, 0.3) is 0 Å². The highest BCUT2D eigenvalue weighted by Crippen LogP contribution is 2.33. The van der Waals surface area contributed by atoms with E-state index in [1.807, 2.05) is 4.90 Å². The molecule has 2 saturated heterocycles. The SMILES string of the molecule is CC(C)(C)OC(=O)N1C(=O)O[C@@H]2CCN(c3ccncc3CC(=O)c3nc(-c4c(F)cccc4F)ccc3N)C[C@@H]21. The lowest BCUT2D eigenvalue weighted by molar-refractivity contribution is 0.0285. The molecule has 2 atom stereocenters. The molecule has 214 valence electrons. The van der Waals surface area contributed by atoms with Crippen molar-refractivity contribution in [1.29, 1.82) is 0 Å². The number of piperidine rings is 1. The minimum atomic E-state index is -0.812. The highest BCUT2D eigenvalue weighted by molar-refractivity contribution is 6.01. The Kier molecular flexibility index (Phi) is 7.33. The van der Waals surface area contributed by atoms with Gasteiger partial charge in [-0.1, -0.05) is 6.07 Å². The van der Waals surface area contributed by atoms with E-state index in [9.17, 15) is 23.2 Å². The number of imide groups is 1. The smallest absolute Gasteiger partial charge is 0.420 e. The Morgan fingerprint density at radius 2 is 1.88 bits per heavy atom. The highest BCUT2D eigenvalue weighted by Gasteiger charge is 2.49. The van der Waals surface area contributed by atoms with E-state index < -0.39 is 47.4 Å². The van der Waals surface area contributed by atoms with Crippen molar-refractivity contribution in [2.75, 3.05) is 23.7 Å². The number of nitrogen functional groups attached to an aromatic ring is 1. The third-order valence-electron chi connectivity index (χ3n) is 6.87. The van der Waals surface area contributed by atoms with Crippen molar-refractivity contribution in [1.82, 2.24) is 14.9 Å². The number of hydrogen-bond acceptors (Lipinski definition) is 9. The first kappa shape index (κ1) is 27.9. The third-order valence-corrected chi connectivity index (χ3v) is 6.87. The lowest BCUT2D eigenvalue weighted by atomic mass is 9.99. The van der Waals surface area contributed by atoms with E-state index in [4.69, 9.17) is 15.2 Å². The molecule has 0 spiro atoms. The molecular weight excluding hydrogens is 536 g/mol. The van der Waals surface area contributed by atoms with E-state index in [0.29, 0.717) is 24.2 Å². The summed E-state index contributed by atoms with van der Waals surface area (Å²) in [5.74, 6) is -2.10. The van der Waals surface area contributed by atoms with Crippen molar-refractivity contribution in [3.05, 3.63) is 71.7 Å². The molecule has 4 heterocycles. The fourth-order valence-electron chi connectivity index (χ4n) is 5.05. The Balaban J connectivity index is 1.39. The van der Waals surface area contributed by atoms with Gasteiger partial charge in [-0.05, 0) is 51.1 Å². The van der Waals surface area contributed by atoms with Gasteiger partial charge in [0, 0.05) is 49.6 Å². The lowest BCUT2D eigenvalue weighted by Gasteiger charge is -2.37. The van der Waals surface area contributed by atoms with E-state index in [1.54, 1.807) is 33.0 Å². The quantitative estimate of drug-likeness (QED) is 0.435. The van der Waals surface area contributed by atoms with Crippen molar-refractivity contribution in [3.63, 3.8) is 0 Å². The van der Waals surface area contributed by atoms with Gasteiger partial charge in [0.05, 0.1) is 16.9 Å². The number of nitrogens with two attached hydrogens (primary N) is 1. The fourth-order valence-corrected chi connectivity index (χ4v) is 5.05. The molecule has 0 radical (unpaired) electrons. The molecule has 0 saturated carbocycles. The van der Waals surface area contributed by atoms with Crippen LogP contribution in [0.5, 0.6) is 0 Å². The number of halogens is 2. The number of carbonyl (C=O) groups is 3. The van der Waals surface area contributed by atoms with E-state index in [-0.39, 0.29) is 35.6 Å². The fraction of sp³-hybridized carbons (Fsp3) is 0.345. The topological polar surface area (TPSA) is 128 Å². The van der Waals surface area contributed by atoms with Crippen LogP contribution < -0.4 is 10.6 Å². The van der Waals surface area contributed by atoms with E-state index in [1.165, 1.54) is 24.4 Å². The number of pyridine rings is 2. The van der Waals surface area contributed by atoms with Gasteiger partial charge >= 0.3 is 12.2 Å². The van der Waals surface area contributed by atoms with Crippen LogP contribution in [0.4, 0.5) is 29.7 Å². The number of Topliss-reactive ketones (excluding diaryl/α,β-unsaturated/α-hetero) is 1. The van der Waals surface area contributed by atoms with Crippen LogP contribution in [-0.4, -0.2) is 63.7 Å².